The van der Waals surface area contributed by atoms with Gasteiger partial charge in [-0.05, 0) is 44.5 Å². The van der Waals surface area contributed by atoms with Gasteiger partial charge in [0.2, 0.25) is 0 Å². The lowest BCUT2D eigenvalue weighted by atomic mass is 10.2. The summed E-state index contributed by atoms with van der Waals surface area (Å²) in [7, 11) is 0. The largest absolute Gasteiger partial charge is 0.249 e. The fourth-order valence-corrected chi connectivity index (χ4v) is 1.71. The lowest BCUT2D eigenvalue weighted by molar-refractivity contribution is -0.0819. The van der Waals surface area contributed by atoms with Gasteiger partial charge in [0.25, 0.3) is 0 Å². The van der Waals surface area contributed by atoms with Gasteiger partial charge in [0, 0.05) is 4.47 Å². The highest BCUT2D eigenvalue weighted by molar-refractivity contribution is 9.10. The smallest absolute Gasteiger partial charge is 0.0977 e. The molecule has 0 aliphatic heterocycles. The van der Waals surface area contributed by atoms with Gasteiger partial charge in [0.05, 0.1) is 18.9 Å². The predicted molar refractivity (Wildman–Crippen MR) is 64.6 cm³/mol. The molecule has 0 aliphatic rings. The van der Waals surface area contributed by atoms with E-state index >= 15 is 0 Å². The van der Waals surface area contributed by atoms with Gasteiger partial charge in [-0.2, -0.15) is 0 Å². The number of nitrogens with zero attached hydrogens (tertiary/aromatic N) is 1. The maximum Gasteiger partial charge on any atom is 0.0977 e. The van der Waals surface area contributed by atoms with Crippen LogP contribution in [0.1, 0.15) is 19.4 Å². The molecule has 1 aromatic rings. The average Bonchev–Trinajstić information content (AvgIpc) is 2.17. The Labute approximate surface area is 99.0 Å². The molecule has 3 nitrogen and oxygen atoms in total. The van der Waals surface area contributed by atoms with Gasteiger partial charge in [-0.1, -0.05) is 15.9 Å². The van der Waals surface area contributed by atoms with Crippen LogP contribution in [0.25, 0.3) is 0 Å². The van der Waals surface area contributed by atoms with E-state index in [1.807, 2.05) is 39.0 Å². The van der Waals surface area contributed by atoms with Crippen LogP contribution in [0.3, 0.4) is 0 Å². The Bertz CT molecular complexity index is 311. The van der Waals surface area contributed by atoms with Crippen LogP contribution in [0.2, 0.25) is 0 Å². The molecule has 15 heavy (non-hydrogen) atoms. The fourth-order valence-electron chi connectivity index (χ4n) is 1.23. The summed E-state index contributed by atoms with van der Waals surface area (Å²) in [6, 6.07) is 5.96. The number of anilines is 1. The van der Waals surface area contributed by atoms with Gasteiger partial charge < -0.3 is 0 Å². The van der Waals surface area contributed by atoms with Crippen LogP contribution in [-0.4, -0.2) is 13.2 Å². The molecule has 0 aromatic heterocycles. The molecule has 0 heterocycles. The third-order valence-corrected chi connectivity index (χ3v) is 2.34. The third-order valence-electron chi connectivity index (χ3n) is 1.85. The Morgan fingerprint density at radius 3 is 2.27 bits per heavy atom. The third kappa shape index (κ3) is 3.48. The van der Waals surface area contributed by atoms with E-state index in [0.717, 1.165) is 15.7 Å². The molecule has 0 aliphatic carbocycles. The number of hydrogen-bond donors (Lipinski definition) is 0. The van der Waals surface area contributed by atoms with E-state index in [2.05, 4.69) is 15.9 Å². The molecule has 0 atom stereocenters. The summed E-state index contributed by atoms with van der Waals surface area (Å²) >= 11 is 3.42. The number of hydrogen-bond acceptors (Lipinski definition) is 3. The predicted octanol–water partition coefficient (Wildman–Crippen LogP) is 3.47. The van der Waals surface area contributed by atoms with Gasteiger partial charge >= 0.3 is 0 Å². The Morgan fingerprint density at radius 2 is 1.80 bits per heavy atom. The maximum atomic E-state index is 5.38. The summed E-state index contributed by atoms with van der Waals surface area (Å²) < 4.78 is 1.05. The second-order valence-corrected chi connectivity index (χ2v) is 3.94. The quantitative estimate of drug-likeness (QED) is 0.767. The van der Waals surface area contributed by atoms with Crippen molar-refractivity contribution in [2.24, 2.45) is 0 Å². The fraction of sp³-hybridized carbons (Fsp3) is 0.455. The van der Waals surface area contributed by atoms with Crippen LogP contribution in [0.4, 0.5) is 5.69 Å². The lowest BCUT2D eigenvalue weighted by Gasteiger charge is -2.22. The van der Waals surface area contributed by atoms with Crippen molar-refractivity contribution >= 4 is 21.6 Å². The first-order valence-corrected chi connectivity index (χ1v) is 5.80. The van der Waals surface area contributed by atoms with Gasteiger partial charge in [-0.3, -0.25) is 0 Å². The number of halogens is 1. The Balaban J connectivity index is 2.89. The number of rotatable bonds is 5. The molecule has 1 aromatic carbocycles. The lowest BCUT2D eigenvalue weighted by Crippen LogP contribution is -2.24. The zero-order valence-electron chi connectivity index (χ0n) is 9.29. The van der Waals surface area contributed by atoms with Gasteiger partial charge in [-0.25, -0.2) is 9.68 Å². The van der Waals surface area contributed by atoms with Gasteiger partial charge in [0.1, 0.15) is 0 Å². The Kier molecular flexibility index (Phi) is 5.08. The summed E-state index contributed by atoms with van der Waals surface area (Å²) in [4.78, 5) is 10.8. The monoisotopic (exact) mass is 273 g/mol. The van der Waals surface area contributed by atoms with Crippen LogP contribution in [0.5, 0.6) is 0 Å². The molecular weight excluding hydrogens is 258 g/mol. The van der Waals surface area contributed by atoms with E-state index < -0.39 is 0 Å². The van der Waals surface area contributed by atoms with Crippen LogP contribution in [-0.2, 0) is 9.68 Å². The molecule has 4 heteroatoms. The van der Waals surface area contributed by atoms with E-state index in [9.17, 15) is 0 Å². The zero-order chi connectivity index (χ0) is 11.3. The van der Waals surface area contributed by atoms with Crippen LogP contribution >= 0.6 is 15.9 Å². The van der Waals surface area contributed by atoms with E-state index in [1.54, 1.807) is 0 Å². The van der Waals surface area contributed by atoms with Crippen molar-refractivity contribution in [1.29, 1.82) is 0 Å². The van der Waals surface area contributed by atoms with E-state index in [0.29, 0.717) is 13.2 Å². The highest BCUT2D eigenvalue weighted by Crippen LogP contribution is 2.24. The van der Waals surface area contributed by atoms with Crippen LogP contribution < -0.4 is 5.23 Å². The molecular formula is C11H16BrNO2. The Morgan fingerprint density at radius 1 is 1.20 bits per heavy atom. The maximum absolute atomic E-state index is 5.38. The summed E-state index contributed by atoms with van der Waals surface area (Å²) in [5, 5.41) is 1.47. The van der Waals surface area contributed by atoms with E-state index in [-0.39, 0.29) is 0 Å². The van der Waals surface area contributed by atoms with Gasteiger partial charge in [0.15, 0.2) is 0 Å². The highest BCUT2D eigenvalue weighted by atomic mass is 79.9. The summed E-state index contributed by atoms with van der Waals surface area (Å²) in [6.45, 7) is 7.04. The molecule has 0 unspecified atom stereocenters. The molecule has 0 spiro atoms. The minimum atomic E-state index is 0.579. The zero-order valence-corrected chi connectivity index (χ0v) is 10.9. The van der Waals surface area contributed by atoms with Crippen molar-refractivity contribution in [2.45, 2.75) is 20.8 Å². The molecule has 1 rings (SSSR count). The van der Waals surface area contributed by atoms with E-state index in [1.165, 1.54) is 5.23 Å². The summed E-state index contributed by atoms with van der Waals surface area (Å²) in [5.74, 6) is 0. The normalized spacial score (nSPS) is 10.4. The molecule has 0 radical (unpaired) electrons. The second kappa shape index (κ2) is 6.10. The molecule has 0 saturated carbocycles. The minimum Gasteiger partial charge on any atom is -0.249 e. The van der Waals surface area contributed by atoms with Crippen LogP contribution in [0, 0.1) is 6.92 Å². The van der Waals surface area contributed by atoms with Crippen molar-refractivity contribution in [1.82, 2.24) is 0 Å². The number of aryl methyl sites for hydroxylation is 1. The summed E-state index contributed by atoms with van der Waals surface area (Å²) in [5.41, 5.74) is 2.04. The van der Waals surface area contributed by atoms with Crippen LogP contribution in [0.15, 0.2) is 22.7 Å². The first-order chi connectivity index (χ1) is 7.19. The first kappa shape index (κ1) is 12.5. The SMILES string of the molecule is CCON(OCC)c1ccc(Br)cc1C. The molecule has 0 bridgehead atoms. The molecule has 0 N–H and O–H groups in total. The minimum absolute atomic E-state index is 0.579. The Hall–Kier alpha value is -0.580. The highest BCUT2D eigenvalue weighted by Gasteiger charge is 2.09. The van der Waals surface area contributed by atoms with Crippen molar-refractivity contribution < 1.29 is 9.68 Å². The molecule has 0 amide bonds. The van der Waals surface area contributed by atoms with Crippen molar-refractivity contribution in [3.63, 3.8) is 0 Å². The molecule has 0 fully saturated rings. The first-order valence-electron chi connectivity index (χ1n) is 5.01. The van der Waals surface area contributed by atoms with Crippen molar-refractivity contribution in [3.05, 3.63) is 28.2 Å². The topological polar surface area (TPSA) is 21.7 Å². The molecule has 84 valence electrons. The van der Waals surface area contributed by atoms with Crippen molar-refractivity contribution in [2.75, 3.05) is 18.4 Å². The summed E-state index contributed by atoms with van der Waals surface area (Å²) in [6.07, 6.45) is 0. The van der Waals surface area contributed by atoms with E-state index in [4.69, 9.17) is 9.68 Å². The van der Waals surface area contributed by atoms with Crippen molar-refractivity contribution in [3.8, 4) is 0 Å². The number of benzene rings is 1. The average molecular weight is 274 g/mol. The van der Waals surface area contributed by atoms with Gasteiger partial charge in [-0.15, -0.1) is 5.23 Å². The second-order valence-electron chi connectivity index (χ2n) is 3.02. The standard InChI is InChI=1S/C11H16BrNO2/c1-4-14-13(15-5-2)11-7-6-10(12)8-9(11)3/h6-8H,4-5H2,1-3H3. The molecule has 0 saturated heterocycles.